The SMILES string of the molecule is O=C(NO)C1CN(C(=O)Nc2ccccc2)CCN1S(=O)(=O)c1ccc(-c2ccc(F)cc2)s1. The number of benzene rings is 2. The summed E-state index contributed by atoms with van der Waals surface area (Å²) in [4.78, 5) is 27.0. The lowest BCUT2D eigenvalue weighted by atomic mass is 10.2. The van der Waals surface area contributed by atoms with Crippen LogP contribution in [0.2, 0.25) is 0 Å². The number of rotatable bonds is 5. The Morgan fingerprint density at radius 1 is 1.00 bits per heavy atom. The number of hydroxylamine groups is 1. The van der Waals surface area contributed by atoms with Gasteiger partial charge in [0.2, 0.25) is 0 Å². The van der Waals surface area contributed by atoms with E-state index < -0.39 is 33.8 Å². The van der Waals surface area contributed by atoms with Crippen LogP contribution in [-0.2, 0) is 14.8 Å². The highest BCUT2D eigenvalue weighted by Crippen LogP contribution is 2.33. The van der Waals surface area contributed by atoms with Crippen LogP contribution in [0.3, 0.4) is 0 Å². The van der Waals surface area contributed by atoms with Crippen molar-refractivity contribution in [2.45, 2.75) is 10.3 Å². The number of hydrogen-bond acceptors (Lipinski definition) is 6. The summed E-state index contributed by atoms with van der Waals surface area (Å²) < 4.78 is 40.9. The summed E-state index contributed by atoms with van der Waals surface area (Å²) in [5.74, 6) is -1.35. The number of piperazine rings is 1. The molecule has 12 heteroatoms. The molecule has 1 unspecified atom stereocenters. The molecule has 9 nitrogen and oxygen atoms in total. The van der Waals surface area contributed by atoms with Crippen LogP contribution in [0.4, 0.5) is 14.9 Å². The molecule has 1 fully saturated rings. The number of amides is 3. The normalized spacial score (nSPS) is 16.8. The van der Waals surface area contributed by atoms with Crippen molar-refractivity contribution in [3.05, 3.63) is 72.5 Å². The second-order valence-corrected chi connectivity index (χ2v) is 10.7. The van der Waals surface area contributed by atoms with E-state index in [1.165, 1.54) is 28.6 Å². The summed E-state index contributed by atoms with van der Waals surface area (Å²) in [6, 6.07) is 15.6. The van der Waals surface area contributed by atoms with Gasteiger partial charge in [-0.15, -0.1) is 11.3 Å². The Kier molecular flexibility index (Phi) is 6.93. The molecular weight excluding hydrogens is 483 g/mol. The minimum Gasteiger partial charge on any atom is -0.321 e. The number of halogens is 1. The zero-order chi connectivity index (χ0) is 24.3. The van der Waals surface area contributed by atoms with Crippen LogP contribution in [0.5, 0.6) is 0 Å². The number of urea groups is 1. The van der Waals surface area contributed by atoms with Crippen molar-refractivity contribution >= 4 is 39.0 Å². The minimum atomic E-state index is -4.12. The zero-order valence-electron chi connectivity index (χ0n) is 17.7. The fourth-order valence-corrected chi connectivity index (χ4v) is 6.61. The molecule has 4 rings (SSSR count). The highest BCUT2D eigenvalue weighted by atomic mass is 32.2. The number of nitrogens with one attached hydrogen (secondary N) is 2. The first kappa shape index (κ1) is 23.8. The Labute approximate surface area is 199 Å². The van der Waals surface area contributed by atoms with E-state index in [1.54, 1.807) is 48.5 Å². The van der Waals surface area contributed by atoms with Gasteiger partial charge in [0.15, 0.2) is 0 Å². The first-order chi connectivity index (χ1) is 16.3. The fraction of sp³-hybridized carbons (Fsp3) is 0.182. The van der Waals surface area contributed by atoms with Crippen molar-refractivity contribution in [3.8, 4) is 10.4 Å². The molecule has 1 aliphatic heterocycles. The van der Waals surface area contributed by atoms with E-state index in [4.69, 9.17) is 0 Å². The molecule has 2 aromatic carbocycles. The standard InChI is InChI=1S/C22H21FN4O5S2/c23-16-8-6-15(7-9-16)19-10-11-20(33-19)34(31,32)27-13-12-26(14-18(27)21(28)25-30)22(29)24-17-4-2-1-3-5-17/h1-11,18,30H,12-14H2,(H,24,29)(H,25,28). The van der Waals surface area contributed by atoms with Gasteiger partial charge < -0.3 is 10.2 Å². The average molecular weight is 505 g/mol. The van der Waals surface area contributed by atoms with Gasteiger partial charge in [-0.05, 0) is 42.0 Å². The molecule has 1 aromatic heterocycles. The molecule has 1 atom stereocenters. The molecule has 3 aromatic rings. The van der Waals surface area contributed by atoms with E-state index in [9.17, 15) is 27.6 Å². The molecule has 1 saturated heterocycles. The number of nitrogens with zero attached hydrogens (tertiary/aromatic N) is 2. The Morgan fingerprint density at radius 3 is 2.38 bits per heavy atom. The van der Waals surface area contributed by atoms with Gasteiger partial charge in [-0.3, -0.25) is 10.0 Å². The lowest BCUT2D eigenvalue weighted by Gasteiger charge is -2.38. The van der Waals surface area contributed by atoms with Gasteiger partial charge >= 0.3 is 6.03 Å². The third-order valence-corrected chi connectivity index (χ3v) is 8.84. The monoisotopic (exact) mass is 504 g/mol. The fourth-order valence-electron chi connectivity index (χ4n) is 3.59. The summed E-state index contributed by atoms with van der Waals surface area (Å²) in [7, 11) is -4.12. The number of carbonyl (C=O) groups is 2. The highest BCUT2D eigenvalue weighted by Gasteiger charge is 2.42. The molecular formula is C22H21FN4O5S2. The summed E-state index contributed by atoms with van der Waals surface area (Å²) in [6.45, 7) is -0.351. The lowest BCUT2D eigenvalue weighted by molar-refractivity contribution is -0.134. The number of thiophene rings is 1. The van der Waals surface area contributed by atoms with Crippen LogP contribution in [0.15, 0.2) is 70.9 Å². The van der Waals surface area contributed by atoms with E-state index in [0.29, 0.717) is 16.1 Å². The number of sulfonamides is 1. The van der Waals surface area contributed by atoms with Crippen molar-refractivity contribution in [2.24, 2.45) is 0 Å². The first-order valence-electron chi connectivity index (χ1n) is 10.2. The second kappa shape index (κ2) is 9.89. The van der Waals surface area contributed by atoms with Crippen molar-refractivity contribution in [1.29, 1.82) is 0 Å². The molecule has 2 heterocycles. The van der Waals surface area contributed by atoms with Gasteiger partial charge in [0, 0.05) is 30.2 Å². The summed E-state index contributed by atoms with van der Waals surface area (Å²) >= 11 is 0.983. The predicted octanol–water partition coefficient (Wildman–Crippen LogP) is 2.97. The predicted molar refractivity (Wildman–Crippen MR) is 124 cm³/mol. The number of anilines is 1. The van der Waals surface area contributed by atoms with Crippen LogP contribution in [0.25, 0.3) is 10.4 Å². The van der Waals surface area contributed by atoms with Gasteiger partial charge in [-0.2, -0.15) is 4.31 Å². The number of hydrogen-bond donors (Lipinski definition) is 3. The Hall–Kier alpha value is -3.32. The summed E-state index contributed by atoms with van der Waals surface area (Å²) in [5, 5.41) is 11.9. The van der Waals surface area contributed by atoms with Crippen LogP contribution in [0, 0.1) is 5.82 Å². The largest absolute Gasteiger partial charge is 0.321 e. The molecule has 0 radical (unpaired) electrons. The Morgan fingerprint density at radius 2 is 1.71 bits per heavy atom. The third-order valence-electron chi connectivity index (χ3n) is 5.33. The molecule has 178 valence electrons. The Balaban J connectivity index is 1.55. The lowest BCUT2D eigenvalue weighted by Crippen LogP contribution is -2.61. The van der Waals surface area contributed by atoms with Crippen LogP contribution >= 0.6 is 11.3 Å². The van der Waals surface area contributed by atoms with Gasteiger partial charge in [0.1, 0.15) is 16.1 Å². The number of carbonyl (C=O) groups excluding carboxylic acids is 2. The maximum Gasteiger partial charge on any atom is 0.321 e. The van der Waals surface area contributed by atoms with Crippen LogP contribution in [0.1, 0.15) is 0 Å². The van der Waals surface area contributed by atoms with Crippen molar-refractivity contribution in [3.63, 3.8) is 0 Å². The maximum atomic E-state index is 13.4. The summed E-state index contributed by atoms with van der Waals surface area (Å²) in [5.41, 5.74) is 2.70. The van der Waals surface area contributed by atoms with Gasteiger partial charge in [-0.25, -0.2) is 23.1 Å². The molecule has 0 spiro atoms. The van der Waals surface area contributed by atoms with Crippen LogP contribution in [-0.4, -0.2) is 60.4 Å². The maximum absolute atomic E-state index is 13.4. The molecule has 0 bridgehead atoms. The molecule has 0 saturated carbocycles. The van der Waals surface area contributed by atoms with E-state index >= 15 is 0 Å². The van der Waals surface area contributed by atoms with Crippen LogP contribution < -0.4 is 10.8 Å². The second-order valence-electron chi connectivity index (χ2n) is 7.48. The van der Waals surface area contributed by atoms with Gasteiger partial charge in [0.05, 0.1) is 0 Å². The first-order valence-corrected chi connectivity index (χ1v) is 12.5. The number of para-hydroxylation sites is 1. The molecule has 3 N–H and O–H groups in total. The zero-order valence-corrected chi connectivity index (χ0v) is 19.4. The Bertz CT molecular complexity index is 1280. The molecule has 3 amide bonds. The van der Waals surface area contributed by atoms with E-state index in [0.717, 1.165) is 15.6 Å². The quantitative estimate of drug-likeness (QED) is 0.365. The van der Waals surface area contributed by atoms with Gasteiger partial charge in [0.25, 0.3) is 15.9 Å². The molecule has 34 heavy (non-hydrogen) atoms. The average Bonchev–Trinajstić information content (AvgIpc) is 3.35. The highest BCUT2D eigenvalue weighted by molar-refractivity contribution is 7.91. The van der Waals surface area contributed by atoms with Gasteiger partial charge in [-0.1, -0.05) is 30.3 Å². The third kappa shape index (κ3) is 4.94. The van der Waals surface area contributed by atoms with E-state index in [-0.39, 0.29) is 23.8 Å². The van der Waals surface area contributed by atoms with E-state index in [2.05, 4.69) is 5.32 Å². The van der Waals surface area contributed by atoms with Crippen molar-refractivity contribution in [2.75, 3.05) is 25.0 Å². The van der Waals surface area contributed by atoms with Crippen molar-refractivity contribution < 1.29 is 27.6 Å². The topological polar surface area (TPSA) is 119 Å². The molecule has 1 aliphatic rings. The molecule has 0 aliphatic carbocycles. The smallest absolute Gasteiger partial charge is 0.321 e. The minimum absolute atomic E-state index is 0.00949. The summed E-state index contributed by atoms with van der Waals surface area (Å²) in [6.07, 6.45) is 0. The van der Waals surface area contributed by atoms with Crippen molar-refractivity contribution in [1.82, 2.24) is 14.7 Å². The van der Waals surface area contributed by atoms with E-state index in [1.807, 2.05) is 0 Å².